The highest BCUT2D eigenvalue weighted by Gasteiger charge is 2.29. The first kappa shape index (κ1) is 16.8. The number of methoxy groups -OCH3 is 1. The summed E-state index contributed by atoms with van der Waals surface area (Å²) in [5.74, 6) is 1.07. The van der Waals surface area contributed by atoms with Gasteiger partial charge in [-0.25, -0.2) is 0 Å². The van der Waals surface area contributed by atoms with Gasteiger partial charge in [-0.05, 0) is 61.3 Å². The number of amides is 2. The molecule has 0 saturated carbocycles. The summed E-state index contributed by atoms with van der Waals surface area (Å²) in [5, 5.41) is 0. The Balaban J connectivity index is 1.63. The van der Waals surface area contributed by atoms with Crippen LogP contribution in [0.4, 0.5) is 0 Å². The molecular formula is C19H26N2O3. The van der Waals surface area contributed by atoms with Crippen LogP contribution in [0.1, 0.15) is 49.1 Å². The molecule has 0 aromatic heterocycles. The van der Waals surface area contributed by atoms with Crippen molar-refractivity contribution < 1.29 is 14.3 Å². The highest BCUT2D eigenvalue weighted by molar-refractivity contribution is 5.79. The first-order chi connectivity index (χ1) is 11.6. The minimum absolute atomic E-state index is 0.0723. The molecule has 1 heterocycles. The third-order valence-corrected chi connectivity index (χ3v) is 5.46. The maximum atomic E-state index is 12.7. The number of aryl methyl sites for hydroxylation is 1. The quantitative estimate of drug-likeness (QED) is 0.920. The van der Waals surface area contributed by atoms with Gasteiger partial charge in [0.15, 0.2) is 0 Å². The van der Waals surface area contributed by atoms with E-state index in [0.29, 0.717) is 38.3 Å². The zero-order valence-corrected chi connectivity index (χ0v) is 14.3. The molecule has 1 fully saturated rings. The highest BCUT2D eigenvalue weighted by Crippen LogP contribution is 2.36. The van der Waals surface area contributed by atoms with Crippen molar-refractivity contribution in [2.45, 2.75) is 44.4 Å². The fourth-order valence-corrected chi connectivity index (χ4v) is 3.98. The van der Waals surface area contributed by atoms with Gasteiger partial charge >= 0.3 is 0 Å². The molecule has 2 N–H and O–H groups in total. The molecule has 1 aromatic rings. The van der Waals surface area contributed by atoms with Gasteiger partial charge in [-0.3, -0.25) is 9.59 Å². The van der Waals surface area contributed by atoms with E-state index in [2.05, 4.69) is 12.1 Å². The molecular weight excluding hydrogens is 304 g/mol. The predicted molar refractivity (Wildman–Crippen MR) is 91.8 cm³/mol. The number of ether oxygens (including phenoxy) is 1. The molecule has 0 spiro atoms. The van der Waals surface area contributed by atoms with E-state index in [1.54, 1.807) is 7.11 Å². The lowest BCUT2D eigenvalue weighted by Gasteiger charge is -2.33. The number of nitrogens with two attached hydrogens (primary N) is 1. The van der Waals surface area contributed by atoms with Crippen molar-refractivity contribution in [2.24, 2.45) is 11.7 Å². The standard InChI is InChI=1S/C19H26N2O3/c1-24-16-5-6-17-14(11-16)3-2-4-15(17)12-18(22)21-9-7-13(8-10-21)19(20)23/h5-6,11,13,15H,2-4,7-10,12H2,1H3,(H2,20,23)/t15-/m1/s1. The van der Waals surface area contributed by atoms with Crippen LogP contribution in [0.3, 0.4) is 0 Å². The van der Waals surface area contributed by atoms with Crippen LogP contribution in [-0.2, 0) is 16.0 Å². The number of carbonyl (C=O) groups excluding carboxylic acids is 2. The topological polar surface area (TPSA) is 72.6 Å². The fraction of sp³-hybridized carbons (Fsp3) is 0.579. The Hall–Kier alpha value is -2.04. The number of benzene rings is 1. The molecule has 1 aliphatic heterocycles. The Morgan fingerprint density at radius 1 is 1.25 bits per heavy atom. The van der Waals surface area contributed by atoms with E-state index in [4.69, 9.17) is 10.5 Å². The lowest BCUT2D eigenvalue weighted by molar-refractivity contribution is -0.135. The normalized spacial score (nSPS) is 21.2. The van der Waals surface area contributed by atoms with Crippen LogP contribution in [-0.4, -0.2) is 36.9 Å². The van der Waals surface area contributed by atoms with Gasteiger partial charge in [-0.2, -0.15) is 0 Å². The van der Waals surface area contributed by atoms with Crippen molar-refractivity contribution >= 4 is 11.8 Å². The van der Waals surface area contributed by atoms with Crippen LogP contribution in [0.25, 0.3) is 0 Å². The van der Waals surface area contributed by atoms with Crippen LogP contribution in [0.5, 0.6) is 5.75 Å². The maximum absolute atomic E-state index is 12.7. The fourth-order valence-electron chi connectivity index (χ4n) is 3.98. The zero-order chi connectivity index (χ0) is 17.1. The maximum Gasteiger partial charge on any atom is 0.223 e. The van der Waals surface area contributed by atoms with Crippen molar-refractivity contribution in [3.8, 4) is 5.75 Å². The van der Waals surface area contributed by atoms with E-state index >= 15 is 0 Å². The van der Waals surface area contributed by atoms with Gasteiger partial charge < -0.3 is 15.4 Å². The summed E-state index contributed by atoms with van der Waals surface area (Å²) in [6.45, 7) is 1.29. The number of nitrogens with zero attached hydrogens (tertiary/aromatic N) is 1. The molecule has 1 saturated heterocycles. The first-order valence-electron chi connectivity index (χ1n) is 8.82. The SMILES string of the molecule is COc1ccc2c(c1)CCC[C@@H]2CC(=O)N1CCC(C(N)=O)CC1. The van der Waals surface area contributed by atoms with Crippen LogP contribution in [0.15, 0.2) is 18.2 Å². The second-order valence-electron chi connectivity index (χ2n) is 6.92. The van der Waals surface area contributed by atoms with Crippen molar-refractivity contribution in [1.82, 2.24) is 4.90 Å². The number of hydrogen-bond acceptors (Lipinski definition) is 3. The molecule has 3 rings (SSSR count). The van der Waals surface area contributed by atoms with E-state index in [9.17, 15) is 9.59 Å². The number of likely N-dealkylation sites (tertiary alicyclic amines) is 1. The van der Waals surface area contributed by atoms with Crippen LogP contribution < -0.4 is 10.5 Å². The molecule has 0 unspecified atom stereocenters. The molecule has 0 bridgehead atoms. The summed E-state index contributed by atoms with van der Waals surface area (Å²) >= 11 is 0. The molecule has 5 heteroatoms. The van der Waals surface area contributed by atoms with Crippen molar-refractivity contribution in [2.75, 3.05) is 20.2 Å². The van der Waals surface area contributed by atoms with Gasteiger partial charge in [0.05, 0.1) is 7.11 Å². The molecule has 1 aromatic carbocycles. The van der Waals surface area contributed by atoms with Crippen molar-refractivity contribution in [1.29, 1.82) is 0 Å². The Labute approximate surface area is 143 Å². The van der Waals surface area contributed by atoms with Gasteiger partial charge in [0.1, 0.15) is 5.75 Å². The Bertz CT molecular complexity index is 621. The van der Waals surface area contributed by atoms with Gasteiger partial charge in [0, 0.05) is 25.4 Å². The van der Waals surface area contributed by atoms with E-state index in [1.165, 1.54) is 11.1 Å². The van der Waals surface area contributed by atoms with E-state index in [1.807, 2.05) is 11.0 Å². The average Bonchev–Trinajstić information content (AvgIpc) is 2.61. The summed E-state index contributed by atoms with van der Waals surface area (Å²) in [7, 11) is 1.68. The zero-order valence-electron chi connectivity index (χ0n) is 14.3. The molecule has 1 atom stereocenters. The third-order valence-electron chi connectivity index (χ3n) is 5.46. The third kappa shape index (κ3) is 3.55. The summed E-state index contributed by atoms with van der Waals surface area (Å²) in [6.07, 6.45) is 5.17. The number of hydrogen-bond donors (Lipinski definition) is 1. The average molecular weight is 330 g/mol. The van der Waals surface area contributed by atoms with Crippen molar-refractivity contribution in [3.63, 3.8) is 0 Å². The number of primary amides is 1. The van der Waals surface area contributed by atoms with Gasteiger partial charge in [-0.15, -0.1) is 0 Å². The second kappa shape index (κ2) is 7.24. The molecule has 0 radical (unpaired) electrons. The summed E-state index contributed by atoms with van der Waals surface area (Å²) in [5.41, 5.74) is 7.97. The van der Waals surface area contributed by atoms with E-state index in [-0.39, 0.29) is 17.7 Å². The monoisotopic (exact) mass is 330 g/mol. The van der Waals surface area contributed by atoms with E-state index in [0.717, 1.165) is 25.0 Å². The molecule has 130 valence electrons. The van der Waals surface area contributed by atoms with Crippen LogP contribution in [0, 0.1) is 5.92 Å². The lowest BCUT2D eigenvalue weighted by Crippen LogP contribution is -2.42. The Kier molecular flexibility index (Phi) is 5.07. The molecule has 24 heavy (non-hydrogen) atoms. The lowest BCUT2D eigenvalue weighted by atomic mass is 9.80. The van der Waals surface area contributed by atoms with Gasteiger partial charge in [0.25, 0.3) is 0 Å². The van der Waals surface area contributed by atoms with Gasteiger partial charge in [-0.1, -0.05) is 6.07 Å². The summed E-state index contributed by atoms with van der Waals surface area (Å²) in [4.78, 5) is 25.8. The van der Waals surface area contributed by atoms with Crippen molar-refractivity contribution in [3.05, 3.63) is 29.3 Å². The van der Waals surface area contributed by atoms with Gasteiger partial charge in [0.2, 0.25) is 11.8 Å². The Morgan fingerprint density at radius 3 is 2.67 bits per heavy atom. The second-order valence-corrected chi connectivity index (χ2v) is 6.92. The Morgan fingerprint density at radius 2 is 2.00 bits per heavy atom. The number of rotatable bonds is 4. The first-order valence-corrected chi connectivity index (χ1v) is 8.82. The number of piperidine rings is 1. The minimum atomic E-state index is -0.239. The molecule has 2 amide bonds. The molecule has 2 aliphatic rings. The molecule has 5 nitrogen and oxygen atoms in total. The largest absolute Gasteiger partial charge is 0.497 e. The number of fused-ring (bicyclic) bond motifs is 1. The smallest absolute Gasteiger partial charge is 0.223 e. The van der Waals surface area contributed by atoms with Crippen LogP contribution >= 0.6 is 0 Å². The number of carbonyl (C=O) groups is 2. The highest BCUT2D eigenvalue weighted by atomic mass is 16.5. The minimum Gasteiger partial charge on any atom is -0.497 e. The summed E-state index contributed by atoms with van der Waals surface area (Å²) in [6, 6.07) is 6.20. The predicted octanol–water partition coefficient (Wildman–Crippen LogP) is 2.23. The van der Waals surface area contributed by atoms with E-state index < -0.39 is 0 Å². The molecule has 1 aliphatic carbocycles. The summed E-state index contributed by atoms with van der Waals surface area (Å²) < 4.78 is 5.31. The van der Waals surface area contributed by atoms with Crippen LogP contribution in [0.2, 0.25) is 0 Å².